The second-order valence-corrected chi connectivity index (χ2v) is 9.58. The Labute approximate surface area is 160 Å². The summed E-state index contributed by atoms with van der Waals surface area (Å²) in [4.78, 5) is 12.9. The van der Waals surface area contributed by atoms with Gasteiger partial charge in [0.15, 0.2) is 0 Å². The van der Waals surface area contributed by atoms with Crippen molar-refractivity contribution in [3.63, 3.8) is 0 Å². The van der Waals surface area contributed by atoms with E-state index in [0.717, 1.165) is 12.8 Å². The van der Waals surface area contributed by atoms with Gasteiger partial charge in [-0.25, -0.2) is 8.42 Å². The van der Waals surface area contributed by atoms with Crippen molar-refractivity contribution >= 4 is 21.6 Å². The standard InChI is InChI=1S/C19H27N3O4S/c23-19(18-12-14-4-1-2-7-17(14)21-18)20-15-5-3-6-16(13-15)27(24,25)22-8-10-26-11-9-22/h3,5-6,13-14,17-18,21H,1-2,4,7-12H2,(H,20,23). The maximum atomic E-state index is 12.8. The topological polar surface area (TPSA) is 87.7 Å². The zero-order chi connectivity index (χ0) is 18.9. The van der Waals surface area contributed by atoms with Crippen LogP contribution in [0.15, 0.2) is 29.2 Å². The molecule has 3 atom stereocenters. The monoisotopic (exact) mass is 393 g/mol. The Morgan fingerprint density at radius 3 is 2.74 bits per heavy atom. The Hall–Kier alpha value is -1.48. The molecule has 1 aromatic rings. The average Bonchev–Trinajstić information content (AvgIpc) is 3.13. The van der Waals surface area contributed by atoms with E-state index in [1.807, 2.05) is 0 Å². The predicted molar refractivity (Wildman–Crippen MR) is 102 cm³/mol. The number of anilines is 1. The number of morpholine rings is 1. The molecule has 2 heterocycles. The molecule has 0 spiro atoms. The SMILES string of the molecule is O=C(Nc1cccc(S(=O)(=O)N2CCOCC2)c1)C1CC2CCCCC2N1. The van der Waals surface area contributed by atoms with Crippen LogP contribution in [0, 0.1) is 5.92 Å². The summed E-state index contributed by atoms with van der Waals surface area (Å²) in [5.74, 6) is 0.507. The number of fused-ring (bicyclic) bond motifs is 1. The Morgan fingerprint density at radius 2 is 1.96 bits per heavy atom. The number of carbonyl (C=O) groups is 1. The number of nitrogens with zero attached hydrogens (tertiary/aromatic N) is 1. The molecule has 8 heteroatoms. The Bertz CT molecular complexity index is 778. The molecule has 1 saturated carbocycles. The van der Waals surface area contributed by atoms with Crippen LogP contribution in [0.5, 0.6) is 0 Å². The lowest BCUT2D eigenvalue weighted by molar-refractivity contribution is -0.117. The van der Waals surface area contributed by atoms with Gasteiger partial charge in [-0.05, 0) is 43.4 Å². The lowest BCUT2D eigenvalue weighted by Crippen LogP contribution is -2.41. The number of hydrogen-bond acceptors (Lipinski definition) is 5. The maximum absolute atomic E-state index is 12.8. The molecule has 0 bridgehead atoms. The molecule has 3 fully saturated rings. The van der Waals surface area contributed by atoms with Crippen LogP contribution >= 0.6 is 0 Å². The van der Waals surface area contributed by atoms with E-state index in [1.54, 1.807) is 24.3 Å². The van der Waals surface area contributed by atoms with Gasteiger partial charge in [-0.2, -0.15) is 4.31 Å². The third kappa shape index (κ3) is 4.03. The van der Waals surface area contributed by atoms with E-state index >= 15 is 0 Å². The molecular formula is C19H27N3O4S. The summed E-state index contributed by atoms with van der Waals surface area (Å²) in [7, 11) is -3.57. The van der Waals surface area contributed by atoms with Gasteiger partial charge < -0.3 is 15.4 Å². The number of amides is 1. The van der Waals surface area contributed by atoms with Crippen LogP contribution in [0.3, 0.4) is 0 Å². The zero-order valence-electron chi connectivity index (χ0n) is 15.4. The number of ether oxygens (including phenoxy) is 1. The highest BCUT2D eigenvalue weighted by Gasteiger charge is 2.38. The van der Waals surface area contributed by atoms with Crippen LogP contribution in [0.4, 0.5) is 5.69 Å². The van der Waals surface area contributed by atoms with Crippen LogP contribution in [-0.2, 0) is 19.6 Å². The minimum Gasteiger partial charge on any atom is -0.379 e. The molecule has 148 valence electrons. The highest BCUT2D eigenvalue weighted by atomic mass is 32.2. The van der Waals surface area contributed by atoms with E-state index in [0.29, 0.717) is 44.0 Å². The van der Waals surface area contributed by atoms with E-state index in [1.165, 1.54) is 23.6 Å². The van der Waals surface area contributed by atoms with Gasteiger partial charge in [-0.15, -0.1) is 0 Å². The number of benzene rings is 1. The molecule has 2 saturated heterocycles. The summed E-state index contributed by atoms with van der Waals surface area (Å²) in [6.45, 7) is 1.53. The van der Waals surface area contributed by atoms with Crippen molar-refractivity contribution in [2.75, 3.05) is 31.6 Å². The molecule has 0 aromatic heterocycles. The van der Waals surface area contributed by atoms with Gasteiger partial charge in [-0.3, -0.25) is 4.79 Å². The van der Waals surface area contributed by atoms with Crippen LogP contribution < -0.4 is 10.6 Å². The van der Waals surface area contributed by atoms with Crippen molar-refractivity contribution < 1.29 is 17.9 Å². The highest BCUT2D eigenvalue weighted by molar-refractivity contribution is 7.89. The Kier molecular flexibility index (Phi) is 5.50. The molecule has 2 aliphatic heterocycles. The summed E-state index contributed by atoms with van der Waals surface area (Å²) < 4.78 is 32.3. The first-order chi connectivity index (χ1) is 13.0. The molecule has 1 aliphatic carbocycles. The largest absolute Gasteiger partial charge is 0.379 e. The molecular weight excluding hydrogens is 366 g/mol. The van der Waals surface area contributed by atoms with Crippen LogP contribution in [0.2, 0.25) is 0 Å². The molecule has 3 unspecified atom stereocenters. The van der Waals surface area contributed by atoms with Gasteiger partial charge in [0.25, 0.3) is 0 Å². The van der Waals surface area contributed by atoms with Gasteiger partial charge in [0.05, 0.1) is 24.2 Å². The summed E-state index contributed by atoms with van der Waals surface area (Å²) in [6.07, 6.45) is 5.67. The fraction of sp³-hybridized carbons (Fsp3) is 0.632. The summed E-state index contributed by atoms with van der Waals surface area (Å²) in [5, 5.41) is 6.36. The van der Waals surface area contributed by atoms with Gasteiger partial charge in [0.1, 0.15) is 0 Å². The summed E-state index contributed by atoms with van der Waals surface area (Å²) in [6, 6.07) is 6.77. The van der Waals surface area contributed by atoms with Crippen molar-refractivity contribution in [2.45, 2.75) is 49.1 Å². The smallest absolute Gasteiger partial charge is 0.243 e. The maximum Gasteiger partial charge on any atom is 0.243 e. The lowest BCUT2D eigenvalue weighted by Gasteiger charge is -2.26. The van der Waals surface area contributed by atoms with Gasteiger partial charge in [-0.1, -0.05) is 18.9 Å². The highest BCUT2D eigenvalue weighted by Crippen LogP contribution is 2.33. The second-order valence-electron chi connectivity index (χ2n) is 7.64. The second kappa shape index (κ2) is 7.87. The fourth-order valence-electron chi connectivity index (χ4n) is 4.42. The molecule has 2 N–H and O–H groups in total. The Morgan fingerprint density at radius 1 is 1.19 bits per heavy atom. The van der Waals surface area contributed by atoms with Crippen LogP contribution in [-0.4, -0.2) is 57.0 Å². The molecule has 0 radical (unpaired) electrons. The van der Waals surface area contributed by atoms with Crippen molar-refractivity contribution in [3.05, 3.63) is 24.3 Å². The van der Waals surface area contributed by atoms with Gasteiger partial charge in [0.2, 0.25) is 15.9 Å². The first kappa shape index (κ1) is 18.9. The summed E-state index contributed by atoms with van der Waals surface area (Å²) in [5.41, 5.74) is 0.519. The molecule has 3 aliphatic rings. The van der Waals surface area contributed by atoms with Crippen molar-refractivity contribution in [1.82, 2.24) is 9.62 Å². The van der Waals surface area contributed by atoms with Gasteiger partial charge in [0, 0.05) is 24.8 Å². The van der Waals surface area contributed by atoms with E-state index in [4.69, 9.17) is 4.74 Å². The number of nitrogens with one attached hydrogen (secondary N) is 2. The normalized spacial score (nSPS) is 29.3. The molecule has 27 heavy (non-hydrogen) atoms. The van der Waals surface area contributed by atoms with Gasteiger partial charge >= 0.3 is 0 Å². The van der Waals surface area contributed by atoms with Crippen LogP contribution in [0.1, 0.15) is 32.1 Å². The van der Waals surface area contributed by atoms with Crippen molar-refractivity contribution in [3.8, 4) is 0 Å². The molecule has 7 nitrogen and oxygen atoms in total. The predicted octanol–water partition coefficient (Wildman–Crippen LogP) is 1.57. The lowest BCUT2D eigenvalue weighted by atomic mass is 9.85. The quantitative estimate of drug-likeness (QED) is 0.811. The zero-order valence-corrected chi connectivity index (χ0v) is 16.2. The first-order valence-electron chi connectivity index (χ1n) is 9.79. The van der Waals surface area contributed by atoms with Crippen molar-refractivity contribution in [1.29, 1.82) is 0 Å². The molecule has 4 rings (SSSR count). The van der Waals surface area contributed by atoms with Crippen molar-refractivity contribution in [2.24, 2.45) is 5.92 Å². The Balaban J connectivity index is 1.44. The number of hydrogen-bond donors (Lipinski definition) is 2. The van der Waals surface area contributed by atoms with E-state index < -0.39 is 10.0 Å². The summed E-state index contributed by atoms with van der Waals surface area (Å²) >= 11 is 0. The van der Waals surface area contributed by atoms with Crippen LogP contribution in [0.25, 0.3) is 0 Å². The van der Waals surface area contributed by atoms with E-state index in [-0.39, 0.29) is 16.8 Å². The molecule has 1 amide bonds. The first-order valence-corrected chi connectivity index (χ1v) is 11.2. The third-order valence-corrected chi connectivity index (χ3v) is 7.78. The number of sulfonamides is 1. The number of rotatable bonds is 4. The van der Waals surface area contributed by atoms with E-state index in [2.05, 4.69) is 10.6 Å². The molecule has 1 aromatic carbocycles. The average molecular weight is 394 g/mol. The number of carbonyl (C=O) groups excluding carboxylic acids is 1. The third-order valence-electron chi connectivity index (χ3n) is 5.89. The fourth-order valence-corrected chi connectivity index (χ4v) is 5.88. The van der Waals surface area contributed by atoms with E-state index in [9.17, 15) is 13.2 Å². The minimum absolute atomic E-state index is 0.0784. The minimum atomic E-state index is -3.57.